The molecule has 8 nitrogen and oxygen atoms in total. The largest absolute Gasteiger partial charge is 0.353 e. The Kier molecular flexibility index (Phi) is 9.27. The van der Waals surface area contributed by atoms with E-state index in [0.29, 0.717) is 18.5 Å². The van der Waals surface area contributed by atoms with Crippen molar-refractivity contribution in [3.63, 3.8) is 0 Å². The molecule has 0 fully saturated rings. The molecule has 2 atom stereocenters. The van der Waals surface area contributed by atoms with Gasteiger partial charge in [-0.25, -0.2) is 4.98 Å². The Morgan fingerprint density at radius 2 is 1.76 bits per heavy atom. The first-order chi connectivity index (χ1) is 18.5. The van der Waals surface area contributed by atoms with Gasteiger partial charge in [-0.05, 0) is 60.0 Å². The number of amides is 2. The molecule has 0 aliphatic rings. The number of hydrogen-bond donors (Lipinski definition) is 1. The Hall–Kier alpha value is -4.42. The van der Waals surface area contributed by atoms with Crippen LogP contribution in [0.5, 0.6) is 0 Å². The van der Waals surface area contributed by atoms with Gasteiger partial charge in [-0.2, -0.15) is 0 Å². The molecular weight excluding hydrogens is 476 g/mol. The smallest absolute Gasteiger partial charge is 0.319 e. The first-order valence-electron chi connectivity index (χ1n) is 13.0. The molecule has 3 aromatic carbocycles. The summed E-state index contributed by atoms with van der Waals surface area (Å²) in [6.07, 6.45) is 7.74. The normalized spacial score (nSPS) is 12.4. The number of nitrogens with zero attached hydrogens (tertiary/aromatic N) is 5. The maximum Gasteiger partial charge on any atom is 0.319 e. The number of rotatable bonds is 11. The number of aryl methyl sites for hydroxylation is 1. The van der Waals surface area contributed by atoms with Crippen LogP contribution >= 0.6 is 0 Å². The molecule has 0 aliphatic heterocycles. The highest BCUT2D eigenvalue weighted by Crippen LogP contribution is 2.24. The molecule has 0 saturated carbocycles. The van der Waals surface area contributed by atoms with E-state index < -0.39 is 6.03 Å². The highest BCUT2D eigenvalue weighted by molar-refractivity contribution is 5.87. The van der Waals surface area contributed by atoms with Crippen LogP contribution < -0.4 is 5.32 Å². The second-order valence-electron chi connectivity index (χ2n) is 9.63. The summed E-state index contributed by atoms with van der Waals surface area (Å²) in [5, 5.41) is 8.59. The van der Waals surface area contributed by atoms with Crippen LogP contribution in [0.3, 0.4) is 0 Å². The van der Waals surface area contributed by atoms with Crippen molar-refractivity contribution in [2.24, 2.45) is 11.0 Å². The molecular formula is C30H32N6O2. The third-order valence-corrected chi connectivity index (χ3v) is 6.72. The van der Waals surface area contributed by atoms with Gasteiger partial charge >= 0.3 is 6.03 Å². The van der Waals surface area contributed by atoms with Gasteiger partial charge in [0.15, 0.2) is 0 Å². The first-order valence-corrected chi connectivity index (χ1v) is 13.0. The summed E-state index contributed by atoms with van der Waals surface area (Å²) in [6.45, 7) is 1.93. The van der Waals surface area contributed by atoms with Gasteiger partial charge in [0.2, 0.25) is 5.91 Å². The van der Waals surface area contributed by atoms with Crippen LogP contribution in [-0.4, -0.2) is 27.5 Å². The van der Waals surface area contributed by atoms with Crippen molar-refractivity contribution in [3.05, 3.63) is 113 Å². The summed E-state index contributed by atoms with van der Waals surface area (Å²) in [5.41, 5.74) is 11.6. The van der Waals surface area contributed by atoms with E-state index in [9.17, 15) is 9.59 Å². The number of carbonyl (C=O) groups excluding carboxylic acids is 2. The number of aromatic nitrogens is 2. The minimum absolute atomic E-state index is 0.0229. The summed E-state index contributed by atoms with van der Waals surface area (Å²) >= 11 is 0. The molecule has 1 unspecified atom stereocenters. The van der Waals surface area contributed by atoms with Gasteiger partial charge in [0.25, 0.3) is 0 Å². The highest BCUT2D eigenvalue weighted by atomic mass is 16.2. The summed E-state index contributed by atoms with van der Waals surface area (Å²) < 4.78 is 1.14. The number of azide groups is 1. The minimum Gasteiger partial charge on any atom is -0.353 e. The standard InChI is InChI=1S/C30H32N6O2/c1-22(18-27-20-36(21-32-27)30(38)34-35-31)33-29(37)26(14-6-5-12-23-10-3-2-4-11-23)19-25-16-9-15-24-13-7-8-17-28(24)25/h2-4,7-11,13,15-17,20-22,26H,5-6,12,14,18-19H2,1H3,(H,33,37)/t22-,26?/m1/s1. The van der Waals surface area contributed by atoms with E-state index in [-0.39, 0.29) is 17.9 Å². The molecule has 0 bridgehead atoms. The fraction of sp³-hybridized carbons (Fsp3) is 0.300. The number of hydrogen-bond acceptors (Lipinski definition) is 3. The summed E-state index contributed by atoms with van der Waals surface area (Å²) in [4.78, 5) is 31.9. The number of carbonyl (C=O) groups is 2. The van der Waals surface area contributed by atoms with Gasteiger partial charge in [0.1, 0.15) is 6.33 Å². The van der Waals surface area contributed by atoms with E-state index in [1.807, 2.05) is 25.1 Å². The summed E-state index contributed by atoms with van der Waals surface area (Å²) in [6, 6.07) is 24.1. The molecule has 4 rings (SSSR count). The molecule has 2 amide bonds. The first kappa shape index (κ1) is 26.6. The molecule has 1 aromatic heterocycles. The molecule has 0 radical (unpaired) electrons. The van der Waals surface area contributed by atoms with Crippen molar-refractivity contribution in [1.29, 1.82) is 0 Å². The lowest BCUT2D eigenvalue weighted by Gasteiger charge is -2.21. The lowest BCUT2D eigenvalue weighted by molar-refractivity contribution is -0.125. The molecule has 1 heterocycles. The predicted octanol–water partition coefficient (Wildman–Crippen LogP) is 6.63. The van der Waals surface area contributed by atoms with Crippen molar-refractivity contribution in [1.82, 2.24) is 14.9 Å². The van der Waals surface area contributed by atoms with Crippen LogP contribution in [0.1, 0.15) is 43.0 Å². The molecule has 0 aliphatic carbocycles. The lowest BCUT2D eigenvalue weighted by Crippen LogP contribution is -2.39. The van der Waals surface area contributed by atoms with Crippen molar-refractivity contribution < 1.29 is 9.59 Å². The van der Waals surface area contributed by atoms with Gasteiger partial charge < -0.3 is 5.32 Å². The quantitative estimate of drug-likeness (QED) is 0.106. The predicted molar refractivity (Wildman–Crippen MR) is 149 cm³/mol. The number of fused-ring (bicyclic) bond motifs is 1. The van der Waals surface area contributed by atoms with E-state index in [1.54, 1.807) is 0 Å². The minimum atomic E-state index is -0.742. The van der Waals surface area contributed by atoms with Crippen LogP contribution in [0, 0.1) is 5.92 Å². The zero-order valence-electron chi connectivity index (χ0n) is 21.5. The van der Waals surface area contributed by atoms with Crippen LogP contribution in [0.2, 0.25) is 0 Å². The van der Waals surface area contributed by atoms with Gasteiger partial charge in [0, 0.05) is 34.6 Å². The van der Waals surface area contributed by atoms with Crippen LogP contribution in [0.15, 0.2) is 90.4 Å². The molecule has 1 N–H and O–H groups in total. The molecule has 8 heteroatoms. The van der Waals surface area contributed by atoms with Gasteiger partial charge in [-0.15, -0.1) is 0 Å². The van der Waals surface area contributed by atoms with Gasteiger partial charge in [-0.1, -0.05) is 79.2 Å². The fourth-order valence-electron chi connectivity index (χ4n) is 4.82. The van der Waals surface area contributed by atoms with Crippen LogP contribution in [0.4, 0.5) is 4.79 Å². The Morgan fingerprint density at radius 1 is 1.00 bits per heavy atom. The van der Waals surface area contributed by atoms with Gasteiger partial charge in [0.05, 0.1) is 5.69 Å². The molecule has 4 aromatic rings. The van der Waals surface area contributed by atoms with E-state index >= 15 is 0 Å². The number of nitrogens with one attached hydrogen (secondary N) is 1. The third kappa shape index (κ3) is 7.31. The van der Waals surface area contributed by atoms with Crippen molar-refractivity contribution in [2.75, 3.05) is 0 Å². The lowest BCUT2D eigenvalue weighted by atomic mass is 9.90. The van der Waals surface area contributed by atoms with Crippen LogP contribution in [-0.2, 0) is 24.1 Å². The molecule has 194 valence electrons. The SMILES string of the molecule is C[C@H](Cc1cn(C(=O)N=[N+]=[N-])cn1)NC(=O)C(CCCCc1ccccc1)Cc1cccc2ccccc12. The zero-order chi connectivity index (χ0) is 26.7. The average Bonchev–Trinajstić information content (AvgIpc) is 3.39. The Labute approximate surface area is 222 Å². The number of imidazole rings is 1. The Morgan fingerprint density at radius 3 is 2.58 bits per heavy atom. The van der Waals surface area contributed by atoms with E-state index in [1.165, 1.54) is 34.4 Å². The highest BCUT2D eigenvalue weighted by Gasteiger charge is 2.22. The van der Waals surface area contributed by atoms with Crippen molar-refractivity contribution >= 4 is 22.7 Å². The fourth-order valence-corrected chi connectivity index (χ4v) is 4.82. The number of benzene rings is 3. The van der Waals surface area contributed by atoms with Crippen molar-refractivity contribution in [3.8, 4) is 0 Å². The summed E-state index contributed by atoms with van der Waals surface area (Å²) in [5.74, 6) is -0.141. The maximum absolute atomic E-state index is 13.5. The monoisotopic (exact) mass is 508 g/mol. The van der Waals surface area contributed by atoms with Crippen molar-refractivity contribution in [2.45, 2.75) is 51.5 Å². The molecule has 0 spiro atoms. The van der Waals surface area contributed by atoms with E-state index in [4.69, 9.17) is 5.53 Å². The second-order valence-corrected chi connectivity index (χ2v) is 9.63. The van der Waals surface area contributed by atoms with E-state index in [2.05, 4.69) is 74.9 Å². The Balaban J connectivity index is 1.42. The van der Waals surface area contributed by atoms with E-state index in [0.717, 1.165) is 30.3 Å². The van der Waals surface area contributed by atoms with Gasteiger partial charge in [-0.3, -0.25) is 14.2 Å². The molecule has 0 saturated heterocycles. The zero-order valence-corrected chi connectivity index (χ0v) is 21.5. The third-order valence-electron chi connectivity index (χ3n) is 6.72. The maximum atomic E-state index is 13.5. The van der Waals surface area contributed by atoms with Crippen LogP contribution in [0.25, 0.3) is 21.2 Å². The Bertz CT molecular complexity index is 1420. The second kappa shape index (κ2) is 13.2. The topological polar surface area (TPSA) is 113 Å². The molecule has 38 heavy (non-hydrogen) atoms. The average molecular weight is 509 g/mol. The number of unbranched alkanes of at least 4 members (excludes halogenated alkanes) is 1. The summed E-state index contributed by atoms with van der Waals surface area (Å²) in [7, 11) is 0.